The third-order valence-electron chi connectivity index (χ3n) is 0.553. The summed E-state index contributed by atoms with van der Waals surface area (Å²) in [5.74, 6) is -2.15. The smallest absolute Gasteiger partial charge is 0.303 e. The fourth-order valence-corrected chi connectivity index (χ4v) is 0.214. The van der Waals surface area contributed by atoms with E-state index >= 15 is 0 Å². The fourth-order valence-electron chi connectivity index (χ4n) is 0.214. The monoisotopic (exact) mass is 182 g/mol. The van der Waals surface area contributed by atoms with E-state index in [1.807, 2.05) is 0 Å². The Morgan fingerprint density at radius 2 is 1.00 bits per heavy atom. The molecule has 0 bridgehead atoms. The SMILES string of the molecule is CO.CO.O=C(O)CCC(=O)O. The van der Waals surface area contributed by atoms with Crippen LogP contribution in [0.1, 0.15) is 12.8 Å². The average Bonchev–Trinajstić information content (AvgIpc) is 2.08. The highest BCUT2D eigenvalue weighted by Crippen LogP contribution is 1.85. The maximum Gasteiger partial charge on any atom is 0.303 e. The molecule has 0 spiro atoms. The van der Waals surface area contributed by atoms with Gasteiger partial charge >= 0.3 is 11.9 Å². The fraction of sp³-hybridized carbons (Fsp3) is 0.667. The zero-order valence-electron chi connectivity index (χ0n) is 7.02. The van der Waals surface area contributed by atoms with E-state index in [0.717, 1.165) is 14.2 Å². The lowest BCUT2D eigenvalue weighted by Crippen LogP contribution is -2.00. The summed E-state index contributed by atoms with van der Waals surface area (Å²) >= 11 is 0. The average molecular weight is 182 g/mol. The number of aliphatic carboxylic acids is 2. The Morgan fingerprint density at radius 1 is 0.833 bits per heavy atom. The van der Waals surface area contributed by atoms with Crippen LogP contribution in [-0.2, 0) is 9.59 Å². The first-order valence-electron chi connectivity index (χ1n) is 2.96. The number of hydrogen-bond acceptors (Lipinski definition) is 4. The Bertz CT molecular complexity index is 96.6. The number of carbonyl (C=O) groups is 2. The lowest BCUT2D eigenvalue weighted by molar-refractivity contribution is -0.143. The van der Waals surface area contributed by atoms with Crippen LogP contribution >= 0.6 is 0 Å². The molecule has 0 heterocycles. The van der Waals surface area contributed by atoms with Gasteiger partial charge in [0.25, 0.3) is 0 Å². The van der Waals surface area contributed by atoms with Gasteiger partial charge in [0, 0.05) is 14.2 Å². The van der Waals surface area contributed by atoms with E-state index in [9.17, 15) is 9.59 Å². The summed E-state index contributed by atoms with van der Waals surface area (Å²) in [6.45, 7) is 0. The molecule has 6 heteroatoms. The highest BCUT2D eigenvalue weighted by molar-refractivity contribution is 5.75. The number of aliphatic hydroxyl groups excluding tert-OH is 2. The summed E-state index contributed by atoms with van der Waals surface area (Å²) in [5.41, 5.74) is 0. The van der Waals surface area contributed by atoms with Crippen molar-refractivity contribution in [1.29, 1.82) is 0 Å². The predicted molar refractivity (Wildman–Crippen MR) is 40.8 cm³/mol. The molecule has 0 saturated heterocycles. The third kappa shape index (κ3) is 36.7. The van der Waals surface area contributed by atoms with Gasteiger partial charge in [-0.05, 0) is 0 Å². The number of carboxylic acid groups (broad SMARTS) is 2. The van der Waals surface area contributed by atoms with Gasteiger partial charge in [0.15, 0.2) is 0 Å². The molecular formula is C6H14O6. The Morgan fingerprint density at radius 3 is 1.08 bits per heavy atom. The topological polar surface area (TPSA) is 115 Å². The molecule has 0 unspecified atom stereocenters. The van der Waals surface area contributed by atoms with Crippen molar-refractivity contribution in [3.63, 3.8) is 0 Å². The quantitative estimate of drug-likeness (QED) is 0.452. The van der Waals surface area contributed by atoms with Crippen LogP contribution in [0, 0.1) is 0 Å². The molecule has 0 aromatic rings. The molecule has 0 atom stereocenters. The number of hydrogen-bond donors (Lipinski definition) is 4. The maximum absolute atomic E-state index is 9.64. The van der Waals surface area contributed by atoms with Gasteiger partial charge in [0.2, 0.25) is 0 Å². The van der Waals surface area contributed by atoms with Gasteiger partial charge in [-0.1, -0.05) is 0 Å². The van der Waals surface area contributed by atoms with Gasteiger partial charge < -0.3 is 20.4 Å². The van der Waals surface area contributed by atoms with E-state index in [2.05, 4.69) is 0 Å². The van der Waals surface area contributed by atoms with Gasteiger partial charge in [0.05, 0.1) is 12.8 Å². The van der Waals surface area contributed by atoms with Crippen molar-refractivity contribution >= 4 is 11.9 Å². The Labute approximate surface area is 70.1 Å². The van der Waals surface area contributed by atoms with E-state index < -0.39 is 11.9 Å². The molecule has 4 N–H and O–H groups in total. The van der Waals surface area contributed by atoms with E-state index in [-0.39, 0.29) is 12.8 Å². The second-order valence-corrected chi connectivity index (χ2v) is 1.29. The molecule has 74 valence electrons. The second kappa shape index (κ2) is 16.4. The van der Waals surface area contributed by atoms with Crippen molar-refractivity contribution in [3.05, 3.63) is 0 Å². The molecule has 0 amide bonds. The summed E-state index contributed by atoms with van der Waals surface area (Å²) in [4.78, 5) is 19.3. The standard InChI is InChI=1S/C4H6O4.2CH4O/c5-3(6)1-2-4(7)8;2*1-2/h1-2H2,(H,5,6)(H,7,8);2*2H,1H3. The summed E-state index contributed by atoms with van der Waals surface area (Å²) < 4.78 is 0. The van der Waals surface area contributed by atoms with Crippen molar-refractivity contribution < 1.29 is 30.0 Å². The van der Waals surface area contributed by atoms with Gasteiger partial charge in [-0.2, -0.15) is 0 Å². The summed E-state index contributed by atoms with van der Waals surface area (Å²) in [6.07, 6.45) is -0.593. The molecule has 0 saturated carbocycles. The molecule has 0 radical (unpaired) electrons. The molecule has 12 heavy (non-hydrogen) atoms. The number of rotatable bonds is 3. The maximum atomic E-state index is 9.64. The summed E-state index contributed by atoms with van der Waals surface area (Å²) in [5, 5.41) is 29.8. The molecule has 0 aliphatic heterocycles. The number of aliphatic hydroxyl groups is 2. The molecular weight excluding hydrogens is 168 g/mol. The molecule has 0 aliphatic carbocycles. The first kappa shape index (κ1) is 17.1. The molecule has 0 aromatic carbocycles. The van der Waals surface area contributed by atoms with Crippen LogP contribution < -0.4 is 0 Å². The third-order valence-corrected chi connectivity index (χ3v) is 0.553. The van der Waals surface area contributed by atoms with Crippen LogP contribution in [0.15, 0.2) is 0 Å². The molecule has 0 rings (SSSR count). The lowest BCUT2D eigenvalue weighted by atomic mass is 10.3. The molecule has 0 aliphatic rings. The largest absolute Gasteiger partial charge is 0.481 e. The minimum absolute atomic E-state index is 0.296. The molecule has 0 aromatic heterocycles. The zero-order chi connectivity index (χ0) is 10.6. The van der Waals surface area contributed by atoms with E-state index in [0.29, 0.717) is 0 Å². The van der Waals surface area contributed by atoms with Crippen LogP contribution in [0.5, 0.6) is 0 Å². The van der Waals surface area contributed by atoms with Gasteiger partial charge in [0.1, 0.15) is 0 Å². The summed E-state index contributed by atoms with van der Waals surface area (Å²) in [6, 6.07) is 0. The van der Waals surface area contributed by atoms with E-state index in [4.69, 9.17) is 20.4 Å². The molecule has 6 nitrogen and oxygen atoms in total. The first-order valence-corrected chi connectivity index (χ1v) is 2.96. The van der Waals surface area contributed by atoms with Crippen molar-refractivity contribution in [1.82, 2.24) is 0 Å². The second-order valence-electron chi connectivity index (χ2n) is 1.29. The van der Waals surface area contributed by atoms with Crippen LogP contribution in [0.25, 0.3) is 0 Å². The van der Waals surface area contributed by atoms with Crippen LogP contribution in [0.3, 0.4) is 0 Å². The predicted octanol–water partition coefficient (Wildman–Crippen LogP) is -0.847. The minimum Gasteiger partial charge on any atom is -0.481 e. The van der Waals surface area contributed by atoms with Crippen molar-refractivity contribution in [3.8, 4) is 0 Å². The first-order chi connectivity index (χ1) is 5.63. The minimum atomic E-state index is -1.08. The van der Waals surface area contributed by atoms with Crippen molar-refractivity contribution in [2.75, 3.05) is 14.2 Å². The Balaban J connectivity index is -0.000000175. The zero-order valence-corrected chi connectivity index (χ0v) is 7.02. The van der Waals surface area contributed by atoms with Crippen LogP contribution in [-0.4, -0.2) is 46.6 Å². The highest BCUT2D eigenvalue weighted by Gasteiger charge is 2.00. The van der Waals surface area contributed by atoms with Gasteiger partial charge in [-0.25, -0.2) is 0 Å². The normalized spacial score (nSPS) is 6.67. The van der Waals surface area contributed by atoms with Crippen LogP contribution in [0.4, 0.5) is 0 Å². The number of carboxylic acids is 2. The Hall–Kier alpha value is -1.14. The van der Waals surface area contributed by atoms with E-state index in [1.54, 1.807) is 0 Å². The van der Waals surface area contributed by atoms with Gasteiger partial charge in [-0.3, -0.25) is 9.59 Å². The van der Waals surface area contributed by atoms with Crippen LogP contribution in [0.2, 0.25) is 0 Å². The van der Waals surface area contributed by atoms with Crippen molar-refractivity contribution in [2.45, 2.75) is 12.8 Å². The lowest BCUT2D eigenvalue weighted by Gasteiger charge is -1.85. The highest BCUT2D eigenvalue weighted by atomic mass is 16.4. The van der Waals surface area contributed by atoms with Crippen molar-refractivity contribution in [2.24, 2.45) is 0 Å². The van der Waals surface area contributed by atoms with Gasteiger partial charge in [-0.15, -0.1) is 0 Å². The Kier molecular flexibility index (Phi) is 23.4. The summed E-state index contributed by atoms with van der Waals surface area (Å²) in [7, 11) is 2.00. The van der Waals surface area contributed by atoms with E-state index in [1.165, 1.54) is 0 Å². The molecule has 0 fully saturated rings.